The summed E-state index contributed by atoms with van der Waals surface area (Å²) >= 11 is 0. The normalized spacial score (nSPS) is 10.9. The molecule has 0 radical (unpaired) electrons. The van der Waals surface area contributed by atoms with E-state index in [1.165, 1.54) is 5.56 Å². The molecule has 0 saturated heterocycles. The standard InChI is InChI=1S/C22H27N3O2/c1-3-22(26)23-14-13-21-24-19-7-4-5-8-20(19)25(21)15-6-16-27-18-11-9-17(2)10-12-18/h4-5,7-12H,3,6,13-16H2,1-2H3,(H,23,26). The highest BCUT2D eigenvalue weighted by molar-refractivity contribution is 5.76. The van der Waals surface area contributed by atoms with Crippen LogP contribution < -0.4 is 10.1 Å². The average Bonchev–Trinajstić information content (AvgIpc) is 3.04. The predicted octanol–water partition coefficient (Wildman–Crippen LogP) is 3.88. The van der Waals surface area contributed by atoms with Crippen LogP contribution in [0.2, 0.25) is 0 Å². The highest BCUT2D eigenvalue weighted by atomic mass is 16.5. The minimum atomic E-state index is 0.0733. The van der Waals surface area contributed by atoms with Crippen molar-refractivity contribution in [3.8, 4) is 5.75 Å². The predicted molar refractivity (Wildman–Crippen MR) is 108 cm³/mol. The van der Waals surface area contributed by atoms with Crippen molar-refractivity contribution in [3.05, 3.63) is 59.9 Å². The molecular formula is C22H27N3O2. The van der Waals surface area contributed by atoms with Gasteiger partial charge in [-0.3, -0.25) is 4.79 Å². The first-order valence-electron chi connectivity index (χ1n) is 9.57. The highest BCUT2D eigenvalue weighted by Crippen LogP contribution is 2.17. The maximum absolute atomic E-state index is 11.5. The van der Waals surface area contributed by atoms with E-state index in [9.17, 15) is 4.79 Å². The van der Waals surface area contributed by atoms with E-state index in [2.05, 4.69) is 35.0 Å². The van der Waals surface area contributed by atoms with Crippen molar-refractivity contribution in [2.24, 2.45) is 0 Å². The lowest BCUT2D eigenvalue weighted by molar-refractivity contribution is -0.120. The summed E-state index contributed by atoms with van der Waals surface area (Å²) in [4.78, 5) is 16.2. The van der Waals surface area contributed by atoms with Gasteiger partial charge >= 0.3 is 0 Å². The molecule has 142 valence electrons. The molecule has 0 aliphatic carbocycles. The van der Waals surface area contributed by atoms with Gasteiger partial charge in [0.1, 0.15) is 11.6 Å². The van der Waals surface area contributed by atoms with E-state index in [4.69, 9.17) is 9.72 Å². The first-order chi connectivity index (χ1) is 13.2. The third-order valence-corrected chi connectivity index (χ3v) is 4.54. The monoisotopic (exact) mass is 365 g/mol. The topological polar surface area (TPSA) is 56.2 Å². The van der Waals surface area contributed by atoms with Gasteiger partial charge in [-0.1, -0.05) is 36.8 Å². The number of ether oxygens (including phenoxy) is 1. The molecule has 0 unspecified atom stereocenters. The fourth-order valence-electron chi connectivity index (χ4n) is 3.05. The van der Waals surface area contributed by atoms with Crippen molar-refractivity contribution in [2.45, 2.75) is 39.7 Å². The molecule has 1 heterocycles. The van der Waals surface area contributed by atoms with Gasteiger partial charge in [0.2, 0.25) is 5.91 Å². The fourth-order valence-corrected chi connectivity index (χ4v) is 3.05. The lowest BCUT2D eigenvalue weighted by Gasteiger charge is -2.11. The molecule has 1 aromatic heterocycles. The third-order valence-electron chi connectivity index (χ3n) is 4.54. The summed E-state index contributed by atoms with van der Waals surface area (Å²) in [6.45, 7) is 6.03. The smallest absolute Gasteiger partial charge is 0.219 e. The lowest BCUT2D eigenvalue weighted by atomic mass is 10.2. The summed E-state index contributed by atoms with van der Waals surface area (Å²) in [5, 5.41) is 2.93. The minimum Gasteiger partial charge on any atom is -0.494 e. The molecule has 5 nitrogen and oxygen atoms in total. The number of imidazole rings is 1. The molecule has 3 rings (SSSR count). The van der Waals surface area contributed by atoms with Gasteiger partial charge in [-0.05, 0) is 37.6 Å². The number of fused-ring (bicyclic) bond motifs is 1. The van der Waals surface area contributed by atoms with Crippen LogP contribution in [0.1, 0.15) is 31.2 Å². The number of nitrogens with zero attached hydrogens (tertiary/aromatic N) is 2. The van der Waals surface area contributed by atoms with Crippen molar-refractivity contribution >= 4 is 16.9 Å². The van der Waals surface area contributed by atoms with E-state index in [-0.39, 0.29) is 5.91 Å². The summed E-state index contributed by atoms with van der Waals surface area (Å²) in [6.07, 6.45) is 2.12. The van der Waals surface area contributed by atoms with Gasteiger partial charge in [0.25, 0.3) is 0 Å². The Balaban J connectivity index is 1.62. The van der Waals surface area contributed by atoms with E-state index in [0.29, 0.717) is 19.6 Å². The molecule has 0 aliphatic rings. The number of carbonyl (C=O) groups is 1. The molecule has 3 aromatic rings. The van der Waals surface area contributed by atoms with E-state index >= 15 is 0 Å². The van der Waals surface area contributed by atoms with Crippen LogP contribution >= 0.6 is 0 Å². The van der Waals surface area contributed by atoms with Gasteiger partial charge in [-0.15, -0.1) is 0 Å². The number of nitrogens with one attached hydrogen (secondary N) is 1. The molecule has 2 aromatic carbocycles. The highest BCUT2D eigenvalue weighted by Gasteiger charge is 2.10. The first-order valence-corrected chi connectivity index (χ1v) is 9.57. The summed E-state index contributed by atoms with van der Waals surface area (Å²) in [7, 11) is 0. The number of hydrogen-bond acceptors (Lipinski definition) is 3. The number of aromatic nitrogens is 2. The molecule has 0 saturated carbocycles. The number of carbonyl (C=O) groups excluding carboxylic acids is 1. The zero-order valence-corrected chi connectivity index (χ0v) is 16.1. The largest absolute Gasteiger partial charge is 0.494 e. The molecule has 0 spiro atoms. The molecule has 5 heteroatoms. The molecular weight excluding hydrogens is 338 g/mol. The Morgan fingerprint density at radius 3 is 2.70 bits per heavy atom. The molecule has 0 bridgehead atoms. The second kappa shape index (κ2) is 9.21. The Morgan fingerprint density at radius 2 is 1.93 bits per heavy atom. The van der Waals surface area contributed by atoms with E-state index in [1.54, 1.807) is 0 Å². The molecule has 1 amide bonds. The Hall–Kier alpha value is -2.82. The van der Waals surface area contributed by atoms with Crippen molar-refractivity contribution in [2.75, 3.05) is 13.2 Å². The van der Waals surface area contributed by atoms with Gasteiger partial charge < -0.3 is 14.6 Å². The van der Waals surface area contributed by atoms with Crippen LogP contribution in [0.4, 0.5) is 0 Å². The first kappa shape index (κ1) is 19.0. The Bertz CT molecular complexity index is 884. The number of para-hydroxylation sites is 2. The molecule has 0 fully saturated rings. The fraction of sp³-hybridized carbons (Fsp3) is 0.364. The van der Waals surface area contributed by atoms with Crippen LogP contribution in [-0.2, 0) is 17.8 Å². The van der Waals surface area contributed by atoms with E-state index in [1.807, 2.05) is 37.3 Å². The van der Waals surface area contributed by atoms with E-state index < -0.39 is 0 Å². The van der Waals surface area contributed by atoms with E-state index in [0.717, 1.165) is 42.0 Å². The number of rotatable bonds is 9. The summed E-state index contributed by atoms with van der Waals surface area (Å²) in [5.41, 5.74) is 3.35. The Labute approximate surface area is 160 Å². The second-order valence-corrected chi connectivity index (χ2v) is 6.64. The summed E-state index contributed by atoms with van der Waals surface area (Å²) < 4.78 is 8.09. The maximum Gasteiger partial charge on any atom is 0.219 e. The van der Waals surface area contributed by atoms with Crippen molar-refractivity contribution in [3.63, 3.8) is 0 Å². The Morgan fingerprint density at radius 1 is 1.15 bits per heavy atom. The maximum atomic E-state index is 11.5. The average molecular weight is 365 g/mol. The van der Waals surface area contributed by atoms with Crippen LogP contribution in [0.15, 0.2) is 48.5 Å². The van der Waals surface area contributed by atoms with Gasteiger partial charge in [-0.25, -0.2) is 4.98 Å². The van der Waals surface area contributed by atoms with Gasteiger partial charge in [0, 0.05) is 25.9 Å². The number of hydrogen-bond donors (Lipinski definition) is 1. The summed E-state index contributed by atoms with van der Waals surface area (Å²) in [6, 6.07) is 16.3. The lowest BCUT2D eigenvalue weighted by Crippen LogP contribution is -2.25. The number of benzene rings is 2. The van der Waals surface area contributed by atoms with Crippen LogP contribution in [0, 0.1) is 6.92 Å². The molecule has 0 atom stereocenters. The van der Waals surface area contributed by atoms with Crippen LogP contribution in [0.3, 0.4) is 0 Å². The number of aryl methyl sites for hydroxylation is 2. The zero-order chi connectivity index (χ0) is 19.1. The van der Waals surface area contributed by atoms with Crippen molar-refractivity contribution < 1.29 is 9.53 Å². The third kappa shape index (κ3) is 5.09. The van der Waals surface area contributed by atoms with Crippen LogP contribution in [-0.4, -0.2) is 28.6 Å². The Kier molecular flexibility index (Phi) is 6.47. The zero-order valence-electron chi connectivity index (χ0n) is 16.1. The quantitative estimate of drug-likeness (QED) is 0.586. The summed E-state index contributed by atoms with van der Waals surface area (Å²) in [5.74, 6) is 1.98. The van der Waals surface area contributed by atoms with Crippen LogP contribution in [0.5, 0.6) is 5.75 Å². The van der Waals surface area contributed by atoms with Gasteiger partial charge in [-0.2, -0.15) is 0 Å². The SMILES string of the molecule is CCC(=O)NCCc1nc2ccccc2n1CCCOc1ccc(C)cc1. The molecule has 0 aliphatic heterocycles. The van der Waals surface area contributed by atoms with Crippen molar-refractivity contribution in [1.29, 1.82) is 0 Å². The van der Waals surface area contributed by atoms with Gasteiger partial charge in [0.05, 0.1) is 17.6 Å². The van der Waals surface area contributed by atoms with Crippen molar-refractivity contribution in [1.82, 2.24) is 14.9 Å². The molecule has 27 heavy (non-hydrogen) atoms. The second-order valence-electron chi connectivity index (χ2n) is 6.64. The minimum absolute atomic E-state index is 0.0733. The number of amides is 1. The molecule has 1 N–H and O–H groups in total. The van der Waals surface area contributed by atoms with Gasteiger partial charge in [0.15, 0.2) is 0 Å². The van der Waals surface area contributed by atoms with Crippen LogP contribution in [0.25, 0.3) is 11.0 Å².